The molecule has 2 aliphatic carbocycles. The molecule has 3 aliphatic rings. The van der Waals surface area contributed by atoms with Crippen molar-refractivity contribution >= 4 is 0 Å². The number of aliphatic hydroxyl groups is 1. The molecule has 5 atom stereocenters. The molecule has 1 heterocycles. The maximum Gasteiger partial charge on any atom is 0.163 e. The summed E-state index contributed by atoms with van der Waals surface area (Å²) < 4.78 is 11.7. The van der Waals surface area contributed by atoms with Gasteiger partial charge in [0.15, 0.2) is 5.79 Å². The van der Waals surface area contributed by atoms with Crippen LogP contribution in [0.4, 0.5) is 0 Å². The fourth-order valence-electron chi connectivity index (χ4n) is 2.98. The van der Waals surface area contributed by atoms with Crippen LogP contribution in [-0.2, 0) is 9.47 Å². The molecule has 0 amide bonds. The molecule has 0 aromatic rings. The molecule has 0 spiro atoms. The third-order valence-corrected chi connectivity index (χ3v) is 3.55. The van der Waals surface area contributed by atoms with Crippen molar-refractivity contribution in [2.45, 2.75) is 44.4 Å². The molecule has 2 bridgehead atoms. The molecule has 3 rings (SSSR count). The second-order valence-corrected chi connectivity index (χ2v) is 5.00. The van der Waals surface area contributed by atoms with Crippen LogP contribution in [0, 0.1) is 11.8 Å². The average Bonchev–Trinajstić information content (AvgIpc) is 2.53. The molecule has 0 aromatic heterocycles. The molecule has 1 aliphatic heterocycles. The molecule has 0 radical (unpaired) electrons. The van der Waals surface area contributed by atoms with Crippen molar-refractivity contribution in [3.05, 3.63) is 12.2 Å². The number of hydrogen-bond acceptors (Lipinski definition) is 3. The van der Waals surface area contributed by atoms with Gasteiger partial charge in [0.25, 0.3) is 0 Å². The Morgan fingerprint density at radius 3 is 2.71 bits per heavy atom. The summed E-state index contributed by atoms with van der Waals surface area (Å²) in [6, 6.07) is 0. The third kappa shape index (κ3) is 1.09. The van der Waals surface area contributed by atoms with Gasteiger partial charge in [0, 0.05) is 11.8 Å². The summed E-state index contributed by atoms with van der Waals surface area (Å²) in [6.07, 6.45) is 4.86. The summed E-state index contributed by atoms with van der Waals surface area (Å²) in [5.41, 5.74) is 0. The molecule has 14 heavy (non-hydrogen) atoms. The molecule has 1 N–H and O–H groups in total. The van der Waals surface area contributed by atoms with Crippen molar-refractivity contribution in [1.29, 1.82) is 0 Å². The van der Waals surface area contributed by atoms with Gasteiger partial charge in [0.1, 0.15) is 0 Å². The lowest BCUT2D eigenvalue weighted by molar-refractivity contribution is -0.163. The van der Waals surface area contributed by atoms with Crippen LogP contribution in [-0.4, -0.2) is 29.2 Å². The van der Waals surface area contributed by atoms with E-state index in [1.54, 1.807) is 0 Å². The largest absolute Gasteiger partial charge is 0.389 e. The molecule has 0 unspecified atom stereocenters. The van der Waals surface area contributed by atoms with E-state index in [1.807, 2.05) is 19.9 Å². The molecule has 78 valence electrons. The lowest BCUT2D eigenvalue weighted by Gasteiger charge is -2.26. The Balaban J connectivity index is 1.91. The van der Waals surface area contributed by atoms with Gasteiger partial charge in [0.2, 0.25) is 0 Å². The summed E-state index contributed by atoms with van der Waals surface area (Å²) in [5, 5.41) is 9.79. The Kier molecular flexibility index (Phi) is 1.65. The molecule has 3 heteroatoms. The van der Waals surface area contributed by atoms with Gasteiger partial charge < -0.3 is 14.6 Å². The first-order valence-corrected chi connectivity index (χ1v) is 5.29. The maximum atomic E-state index is 9.79. The fraction of sp³-hybridized carbons (Fsp3) is 0.818. The molecular formula is C11H16O3. The van der Waals surface area contributed by atoms with Crippen molar-refractivity contribution in [3.8, 4) is 0 Å². The third-order valence-electron chi connectivity index (χ3n) is 3.55. The van der Waals surface area contributed by atoms with Gasteiger partial charge in [-0.05, 0) is 20.3 Å². The van der Waals surface area contributed by atoms with Crippen molar-refractivity contribution in [3.63, 3.8) is 0 Å². The van der Waals surface area contributed by atoms with E-state index in [1.165, 1.54) is 0 Å². The van der Waals surface area contributed by atoms with E-state index >= 15 is 0 Å². The van der Waals surface area contributed by atoms with E-state index in [-0.39, 0.29) is 24.2 Å². The van der Waals surface area contributed by atoms with Crippen LogP contribution in [0.3, 0.4) is 0 Å². The summed E-state index contributed by atoms with van der Waals surface area (Å²) in [5.74, 6) is 0.198. The van der Waals surface area contributed by atoms with E-state index in [0.717, 1.165) is 6.42 Å². The molecule has 1 saturated carbocycles. The zero-order chi connectivity index (χ0) is 9.92. The molecule has 2 fully saturated rings. The van der Waals surface area contributed by atoms with Gasteiger partial charge in [-0.25, -0.2) is 0 Å². The van der Waals surface area contributed by atoms with Crippen LogP contribution in [0.1, 0.15) is 20.3 Å². The Morgan fingerprint density at radius 1 is 1.21 bits per heavy atom. The number of hydrogen-bond donors (Lipinski definition) is 1. The van der Waals surface area contributed by atoms with Crippen molar-refractivity contribution < 1.29 is 14.6 Å². The summed E-state index contributed by atoms with van der Waals surface area (Å²) >= 11 is 0. The summed E-state index contributed by atoms with van der Waals surface area (Å²) in [7, 11) is 0. The van der Waals surface area contributed by atoms with Crippen LogP contribution >= 0.6 is 0 Å². The predicted octanol–water partition coefficient (Wildman–Crippen LogP) is 1.07. The normalized spacial score (nSPS) is 53.5. The van der Waals surface area contributed by atoms with E-state index < -0.39 is 5.79 Å². The molecule has 0 aromatic carbocycles. The number of fused-ring (bicyclic) bond motifs is 5. The highest BCUT2D eigenvalue weighted by Crippen LogP contribution is 2.48. The molecular weight excluding hydrogens is 180 g/mol. The summed E-state index contributed by atoms with van der Waals surface area (Å²) in [6.45, 7) is 3.88. The van der Waals surface area contributed by atoms with Gasteiger partial charge >= 0.3 is 0 Å². The number of rotatable bonds is 0. The number of aliphatic hydroxyl groups excluding tert-OH is 1. The lowest BCUT2D eigenvalue weighted by Crippen LogP contribution is -2.31. The fourth-order valence-corrected chi connectivity index (χ4v) is 2.98. The van der Waals surface area contributed by atoms with Crippen molar-refractivity contribution in [1.82, 2.24) is 0 Å². The highest BCUT2D eigenvalue weighted by Gasteiger charge is 2.55. The zero-order valence-corrected chi connectivity index (χ0v) is 8.51. The Hall–Kier alpha value is -0.380. The van der Waals surface area contributed by atoms with E-state index in [2.05, 4.69) is 6.08 Å². The SMILES string of the molecule is CC1(C)O[C@H]2[C@H]3C[C@H](C=C[C@H]3O)[C@H]2O1. The Bertz CT molecular complexity index is 284. The van der Waals surface area contributed by atoms with Crippen LogP contribution in [0.15, 0.2) is 12.2 Å². The lowest BCUT2D eigenvalue weighted by atomic mass is 9.92. The standard InChI is InChI=1S/C11H16O3/c1-11(2)13-9-6-3-4-8(12)7(5-6)10(9)14-11/h3-4,6-10,12H,5H2,1-2H3/t6-,7-,8+,9+,10-/m0/s1. The van der Waals surface area contributed by atoms with Gasteiger partial charge in [-0.2, -0.15) is 0 Å². The second-order valence-electron chi connectivity index (χ2n) is 5.00. The first-order chi connectivity index (χ1) is 6.57. The van der Waals surface area contributed by atoms with E-state index in [0.29, 0.717) is 5.92 Å². The first-order valence-electron chi connectivity index (χ1n) is 5.29. The Morgan fingerprint density at radius 2 is 1.93 bits per heavy atom. The first kappa shape index (κ1) is 8.89. The predicted molar refractivity (Wildman–Crippen MR) is 50.6 cm³/mol. The highest BCUT2D eigenvalue weighted by atomic mass is 16.8. The van der Waals surface area contributed by atoms with Gasteiger partial charge in [0.05, 0.1) is 18.3 Å². The molecule has 1 saturated heterocycles. The highest BCUT2D eigenvalue weighted by molar-refractivity contribution is 5.15. The topological polar surface area (TPSA) is 38.7 Å². The monoisotopic (exact) mass is 196 g/mol. The van der Waals surface area contributed by atoms with Crippen LogP contribution in [0.25, 0.3) is 0 Å². The van der Waals surface area contributed by atoms with Crippen LogP contribution in [0.5, 0.6) is 0 Å². The minimum Gasteiger partial charge on any atom is -0.389 e. The van der Waals surface area contributed by atoms with E-state index in [4.69, 9.17) is 9.47 Å². The minimum absolute atomic E-state index is 0.0833. The number of ether oxygens (including phenoxy) is 2. The minimum atomic E-state index is -0.475. The van der Waals surface area contributed by atoms with Gasteiger partial charge in [-0.1, -0.05) is 12.2 Å². The smallest absolute Gasteiger partial charge is 0.163 e. The van der Waals surface area contributed by atoms with Crippen molar-refractivity contribution in [2.75, 3.05) is 0 Å². The Labute approximate surface area is 83.7 Å². The summed E-state index contributed by atoms with van der Waals surface area (Å²) in [4.78, 5) is 0. The maximum absolute atomic E-state index is 9.79. The van der Waals surface area contributed by atoms with Crippen LogP contribution < -0.4 is 0 Å². The zero-order valence-electron chi connectivity index (χ0n) is 8.51. The second kappa shape index (κ2) is 2.60. The molecule has 3 nitrogen and oxygen atoms in total. The van der Waals surface area contributed by atoms with E-state index in [9.17, 15) is 5.11 Å². The quantitative estimate of drug-likeness (QED) is 0.589. The van der Waals surface area contributed by atoms with Crippen molar-refractivity contribution in [2.24, 2.45) is 11.8 Å². The van der Waals surface area contributed by atoms with Gasteiger partial charge in [-0.3, -0.25) is 0 Å². The van der Waals surface area contributed by atoms with Gasteiger partial charge in [-0.15, -0.1) is 0 Å². The average molecular weight is 196 g/mol. The van der Waals surface area contributed by atoms with Crippen LogP contribution in [0.2, 0.25) is 0 Å².